The van der Waals surface area contributed by atoms with Crippen molar-refractivity contribution in [2.45, 2.75) is 51.7 Å². The summed E-state index contributed by atoms with van der Waals surface area (Å²) < 4.78 is 5.87. The van der Waals surface area contributed by atoms with Crippen LogP contribution in [0.1, 0.15) is 44.6 Å². The van der Waals surface area contributed by atoms with Gasteiger partial charge in [-0.2, -0.15) is 0 Å². The predicted molar refractivity (Wildman–Crippen MR) is 85.3 cm³/mol. The molecule has 0 heterocycles. The lowest BCUT2D eigenvalue weighted by molar-refractivity contribution is -0.114. The molecule has 1 aliphatic carbocycles. The Kier molecular flexibility index (Phi) is 6.70. The molecule has 116 valence electrons. The first-order chi connectivity index (χ1) is 10.2. The number of nitrogens with one attached hydrogen (secondary N) is 2. The second kappa shape index (κ2) is 8.80. The highest BCUT2D eigenvalue weighted by Gasteiger charge is 2.12. The Morgan fingerprint density at radius 1 is 1.19 bits per heavy atom. The molecule has 2 N–H and O–H groups in total. The van der Waals surface area contributed by atoms with Crippen molar-refractivity contribution in [3.8, 4) is 0 Å². The van der Waals surface area contributed by atoms with Gasteiger partial charge in [-0.05, 0) is 30.5 Å². The minimum atomic E-state index is -0.0410. The van der Waals surface area contributed by atoms with Crippen LogP contribution in [0.25, 0.3) is 0 Å². The number of benzene rings is 1. The van der Waals surface area contributed by atoms with Crippen molar-refractivity contribution in [3.63, 3.8) is 0 Å². The minimum absolute atomic E-state index is 0.0410. The van der Waals surface area contributed by atoms with Gasteiger partial charge >= 0.3 is 0 Å². The van der Waals surface area contributed by atoms with E-state index in [1.165, 1.54) is 44.6 Å². The molecule has 1 aliphatic rings. The monoisotopic (exact) mass is 290 g/mol. The normalized spacial score (nSPS) is 15.9. The molecule has 1 aromatic rings. The fraction of sp³-hybridized carbons (Fsp3) is 0.588. The Bertz CT molecular complexity index is 425. The van der Waals surface area contributed by atoms with Crippen molar-refractivity contribution in [1.29, 1.82) is 0 Å². The zero-order valence-electron chi connectivity index (χ0n) is 12.9. The van der Waals surface area contributed by atoms with Gasteiger partial charge < -0.3 is 15.4 Å². The Balaban J connectivity index is 1.58. The molecular formula is C17H26N2O2. The summed E-state index contributed by atoms with van der Waals surface area (Å²) in [7, 11) is 0. The van der Waals surface area contributed by atoms with E-state index in [1.807, 2.05) is 24.3 Å². The van der Waals surface area contributed by atoms with E-state index in [0.717, 1.165) is 25.4 Å². The average molecular weight is 290 g/mol. The summed E-state index contributed by atoms with van der Waals surface area (Å²) in [4.78, 5) is 10.9. The zero-order valence-corrected chi connectivity index (χ0v) is 12.9. The van der Waals surface area contributed by atoms with Gasteiger partial charge in [0.15, 0.2) is 0 Å². The van der Waals surface area contributed by atoms with Crippen LogP contribution in [0.5, 0.6) is 0 Å². The number of hydrogen-bond acceptors (Lipinski definition) is 3. The summed E-state index contributed by atoms with van der Waals surface area (Å²) in [5, 5.41) is 6.15. The third-order valence-electron chi connectivity index (χ3n) is 3.79. The lowest BCUT2D eigenvalue weighted by Gasteiger charge is -2.22. The molecule has 0 bridgehead atoms. The second-order valence-corrected chi connectivity index (χ2v) is 5.69. The van der Waals surface area contributed by atoms with Crippen LogP contribution >= 0.6 is 0 Å². The lowest BCUT2D eigenvalue weighted by Crippen LogP contribution is -2.24. The Hall–Kier alpha value is -1.39. The summed E-state index contributed by atoms with van der Waals surface area (Å²) in [5.74, 6) is -0.0410. The first kappa shape index (κ1) is 16.0. The fourth-order valence-electron chi connectivity index (χ4n) is 2.67. The molecule has 1 aromatic carbocycles. The predicted octanol–water partition coefficient (Wildman–Crippen LogP) is 3.08. The maximum absolute atomic E-state index is 10.9. The van der Waals surface area contributed by atoms with Crippen molar-refractivity contribution < 1.29 is 9.53 Å². The van der Waals surface area contributed by atoms with E-state index in [1.54, 1.807) is 0 Å². The van der Waals surface area contributed by atoms with Crippen molar-refractivity contribution in [2.75, 3.05) is 18.5 Å². The zero-order chi connectivity index (χ0) is 14.9. The number of carbonyl (C=O) groups is 1. The number of ether oxygens (including phenoxy) is 1. The van der Waals surface area contributed by atoms with Gasteiger partial charge in [-0.3, -0.25) is 4.79 Å². The number of anilines is 1. The topological polar surface area (TPSA) is 50.4 Å². The van der Waals surface area contributed by atoms with Gasteiger partial charge in [0.25, 0.3) is 0 Å². The van der Waals surface area contributed by atoms with Gasteiger partial charge in [0, 0.05) is 25.7 Å². The summed E-state index contributed by atoms with van der Waals surface area (Å²) in [6.45, 7) is 4.01. The van der Waals surface area contributed by atoms with E-state index in [9.17, 15) is 4.79 Å². The number of carbonyl (C=O) groups excluding carboxylic acids is 1. The molecule has 0 saturated heterocycles. The van der Waals surface area contributed by atoms with E-state index in [2.05, 4.69) is 10.6 Å². The summed E-state index contributed by atoms with van der Waals surface area (Å²) in [6, 6.07) is 7.91. The molecule has 0 atom stereocenters. The van der Waals surface area contributed by atoms with Crippen molar-refractivity contribution >= 4 is 11.6 Å². The maximum atomic E-state index is 10.9. The van der Waals surface area contributed by atoms with Crippen molar-refractivity contribution in [2.24, 2.45) is 0 Å². The van der Waals surface area contributed by atoms with Gasteiger partial charge in [-0.25, -0.2) is 0 Å². The first-order valence-electron chi connectivity index (χ1n) is 7.93. The van der Waals surface area contributed by atoms with Crippen LogP contribution in [-0.4, -0.2) is 25.2 Å². The van der Waals surface area contributed by atoms with Gasteiger partial charge in [0.2, 0.25) is 5.91 Å². The molecule has 21 heavy (non-hydrogen) atoms. The smallest absolute Gasteiger partial charge is 0.221 e. The molecule has 2 rings (SSSR count). The highest BCUT2D eigenvalue weighted by molar-refractivity contribution is 5.88. The third kappa shape index (κ3) is 6.27. The maximum Gasteiger partial charge on any atom is 0.221 e. The van der Waals surface area contributed by atoms with Crippen molar-refractivity contribution in [3.05, 3.63) is 29.8 Å². The van der Waals surface area contributed by atoms with Crippen LogP contribution in [0.4, 0.5) is 5.69 Å². The van der Waals surface area contributed by atoms with Crippen LogP contribution in [0, 0.1) is 0 Å². The fourth-order valence-corrected chi connectivity index (χ4v) is 2.67. The van der Waals surface area contributed by atoms with E-state index in [-0.39, 0.29) is 5.91 Å². The van der Waals surface area contributed by atoms with Gasteiger partial charge in [-0.1, -0.05) is 31.4 Å². The molecule has 1 amide bonds. The number of amides is 1. The minimum Gasteiger partial charge on any atom is -0.377 e. The van der Waals surface area contributed by atoms with E-state index >= 15 is 0 Å². The molecule has 4 nitrogen and oxygen atoms in total. The Labute approximate surface area is 127 Å². The molecular weight excluding hydrogens is 264 g/mol. The van der Waals surface area contributed by atoms with E-state index in [4.69, 9.17) is 4.74 Å². The first-order valence-corrected chi connectivity index (χ1v) is 7.93. The number of rotatable bonds is 7. The second-order valence-electron chi connectivity index (χ2n) is 5.69. The largest absolute Gasteiger partial charge is 0.377 e. The lowest BCUT2D eigenvalue weighted by atomic mass is 9.98. The Morgan fingerprint density at radius 3 is 2.57 bits per heavy atom. The Morgan fingerprint density at radius 2 is 1.90 bits per heavy atom. The summed E-state index contributed by atoms with van der Waals surface area (Å²) >= 11 is 0. The van der Waals surface area contributed by atoms with Crippen LogP contribution in [0.2, 0.25) is 0 Å². The van der Waals surface area contributed by atoms with Gasteiger partial charge in [0.05, 0.1) is 12.7 Å². The molecule has 0 aromatic heterocycles. The molecule has 0 spiro atoms. The highest BCUT2D eigenvalue weighted by atomic mass is 16.5. The summed E-state index contributed by atoms with van der Waals surface area (Å²) in [6.07, 6.45) is 6.94. The third-order valence-corrected chi connectivity index (χ3v) is 3.79. The van der Waals surface area contributed by atoms with Gasteiger partial charge in [0.1, 0.15) is 0 Å². The van der Waals surface area contributed by atoms with Crippen LogP contribution in [0.3, 0.4) is 0 Å². The molecule has 0 unspecified atom stereocenters. The van der Waals surface area contributed by atoms with Gasteiger partial charge in [-0.15, -0.1) is 0 Å². The summed E-state index contributed by atoms with van der Waals surface area (Å²) in [5.41, 5.74) is 2.05. The highest BCUT2D eigenvalue weighted by Crippen LogP contribution is 2.19. The average Bonchev–Trinajstić information content (AvgIpc) is 2.49. The van der Waals surface area contributed by atoms with E-state index < -0.39 is 0 Å². The van der Waals surface area contributed by atoms with Crippen LogP contribution in [0.15, 0.2) is 24.3 Å². The van der Waals surface area contributed by atoms with Crippen LogP contribution in [-0.2, 0) is 16.1 Å². The molecule has 0 aliphatic heterocycles. The molecule has 4 heteroatoms. The standard InChI is InChI=1S/C17H26N2O2/c1-14(20)19-16-9-7-15(8-10-16)13-18-11-12-21-17-5-3-2-4-6-17/h7-10,17-18H,2-6,11-13H2,1H3,(H,19,20). The van der Waals surface area contributed by atoms with Crippen LogP contribution < -0.4 is 10.6 Å². The van der Waals surface area contributed by atoms with E-state index in [0.29, 0.717) is 6.10 Å². The van der Waals surface area contributed by atoms with Crippen molar-refractivity contribution in [1.82, 2.24) is 5.32 Å². The quantitative estimate of drug-likeness (QED) is 0.759. The molecule has 0 radical (unpaired) electrons. The molecule has 1 fully saturated rings. The molecule has 1 saturated carbocycles. The SMILES string of the molecule is CC(=O)Nc1ccc(CNCCOC2CCCCC2)cc1. The number of hydrogen-bond donors (Lipinski definition) is 2.